The van der Waals surface area contributed by atoms with E-state index in [-0.39, 0.29) is 36.1 Å². The lowest BCUT2D eigenvalue weighted by molar-refractivity contribution is 0.0536. The maximum absolute atomic E-state index is 13.6. The standard InChI is InChI=1S/C22H22FN5O2.ClH/c23-14-5-6-18-19(11-14)25-26-20(18)12-15(13-27-9-7-24-8-10-27)28-21(29)16-3-1-2-4-17(16)22(28)30;/h1-6,11,15,24H,7-10,12-13H2,(H,25,26);1H. The predicted molar refractivity (Wildman–Crippen MR) is 117 cm³/mol. The molecule has 1 aromatic heterocycles. The van der Waals surface area contributed by atoms with Crippen LogP contribution >= 0.6 is 12.4 Å². The molecule has 5 rings (SSSR count). The number of nitrogens with one attached hydrogen (secondary N) is 2. The topological polar surface area (TPSA) is 81.3 Å². The van der Waals surface area contributed by atoms with E-state index in [1.165, 1.54) is 17.0 Å². The molecule has 0 bridgehead atoms. The molecule has 2 aromatic carbocycles. The third-order valence-electron chi connectivity index (χ3n) is 5.90. The first-order valence-electron chi connectivity index (χ1n) is 10.1. The zero-order chi connectivity index (χ0) is 20.7. The van der Waals surface area contributed by atoms with Gasteiger partial charge in [-0.3, -0.25) is 24.5 Å². The number of rotatable bonds is 5. The average molecular weight is 444 g/mol. The van der Waals surface area contributed by atoms with Crippen LogP contribution in [0.15, 0.2) is 42.5 Å². The summed E-state index contributed by atoms with van der Waals surface area (Å²) in [5.74, 6) is -0.862. The molecule has 3 heterocycles. The van der Waals surface area contributed by atoms with Crippen LogP contribution in [0.2, 0.25) is 0 Å². The first-order valence-corrected chi connectivity index (χ1v) is 10.1. The number of piperazine rings is 1. The van der Waals surface area contributed by atoms with Crippen molar-refractivity contribution in [3.05, 3.63) is 65.1 Å². The predicted octanol–water partition coefficient (Wildman–Crippen LogP) is 2.24. The number of aromatic amines is 1. The van der Waals surface area contributed by atoms with Crippen molar-refractivity contribution >= 4 is 35.1 Å². The maximum Gasteiger partial charge on any atom is 0.261 e. The lowest BCUT2D eigenvalue weighted by atomic mass is 10.1. The minimum absolute atomic E-state index is 0. The molecule has 2 amide bonds. The highest BCUT2D eigenvalue weighted by atomic mass is 35.5. The summed E-state index contributed by atoms with van der Waals surface area (Å²) in [5, 5.41) is 11.4. The van der Waals surface area contributed by atoms with Gasteiger partial charge < -0.3 is 5.32 Å². The van der Waals surface area contributed by atoms with E-state index in [1.807, 2.05) is 0 Å². The van der Waals surface area contributed by atoms with Crippen LogP contribution in [0.3, 0.4) is 0 Å². The van der Waals surface area contributed by atoms with Crippen LogP contribution in [0.4, 0.5) is 4.39 Å². The molecule has 1 unspecified atom stereocenters. The molecule has 31 heavy (non-hydrogen) atoms. The van der Waals surface area contributed by atoms with Crippen LogP contribution in [0.5, 0.6) is 0 Å². The first kappa shape index (κ1) is 21.4. The molecule has 0 aliphatic carbocycles. The second-order valence-electron chi connectivity index (χ2n) is 7.79. The largest absolute Gasteiger partial charge is 0.314 e. The number of aromatic nitrogens is 2. The van der Waals surface area contributed by atoms with Crippen LogP contribution in [-0.4, -0.2) is 70.6 Å². The molecule has 9 heteroatoms. The summed E-state index contributed by atoms with van der Waals surface area (Å²) >= 11 is 0. The molecule has 162 valence electrons. The van der Waals surface area contributed by atoms with Crippen LogP contribution in [0.1, 0.15) is 26.4 Å². The van der Waals surface area contributed by atoms with E-state index in [0.717, 1.165) is 37.3 Å². The molecule has 7 nitrogen and oxygen atoms in total. The Morgan fingerprint density at radius 1 is 1.03 bits per heavy atom. The highest BCUT2D eigenvalue weighted by Crippen LogP contribution is 2.27. The smallest absolute Gasteiger partial charge is 0.261 e. The number of fused-ring (bicyclic) bond motifs is 2. The third kappa shape index (κ3) is 3.94. The highest BCUT2D eigenvalue weighted by molar-refractivity contribution is 6.21. The van der Waals surface area contributed by atoms with E-state index < -0.39 is 0 Å². The van der Waals surface area contributed by atoms with Gasteiger partial charge in [-0.05, 0) is 30.3 Å². The number of carbonyl (C=O) groups is 2. The quantitative estimate of drug-likeness (QED) is 0.591. The van der Waals surface area contributed by atoms with E-state index in [9.17, 15) is 14.0 Å². The Morgan fingerprint density at radius 3 is 2.39 bits per heavy atom. The summed E-state index contributed by atoms with van der Waals surface area (Å²) in [6, 6.07) is 11.1. The minimum Gasteiger partial charge on any atom is -0.314 e. The van der Waals surface area contributed by atoms with Crippen molar-refractivity contribution in [1.82, 2.24) is 25.3 Å². The van der Waals surface area contributed by atoms with Gasteiger partial charge in [0.2, 0.25) is 0 Å². The van der Waals surface area contributed by atoms with Crippen molar-refractivity contribution in [1.29, 1.82) is 0 Å². The van der Waals surface area contributed by atoms with Gasteiger partial charge in [-0.2, -0.15) is 5.10 Å². The number of hydrogen-bond donors (Lipinski definition) is 2. The van der Waals surface area contributed by atoms with Crippen molar-refractivity contribution in [2.24, 2.45) is 0 Å². The first-order chi connectivity index (χ1) is 14.6. The lowest BCUT2D eigenvalue weighted by Gasteiger charge is -2.34. The number of H-pyrrole nitrogens is 1. The van der Waals surface area contributed by atoms with Crippen LogP contribution in [-0.2, 0) is 6.42 Å². The van der Waals surface area contributed by atoms with Crippen LogP contribution in [0.25, 0.3) is 10.9 Å². The number of benzene rings is 2. The zero-order valence-corrected chi connectivity index (χ0v) is 17.6. The molecule has 1 fully saturated rings. The number of imide groups is 1. The molecule has 2 aliphatic rings. The fourth-order valence-electron chi connectivity index (χ4n) is 4.40. The van der Waals surface area contributed by atoms with E-state index >= 15 is 0 Å². The van der Waals surface area contributed by atoms with E-state index in [4.69, 9.17) is 0 Å². The van der Waals surface area contributed by atoms with Gasteiger partial charge in [0.1, 0.15) is 5.82 Å². The number of halogens is 2. The van der Waals surface area contributed by atoms with Gasteiger partial charge in [0.15, 0.2) is 0 Å². The Labute approximate surface area is 185 Å². The van der Waals surface area contributed by atoms with Gasteiger partial charge >= 0.3 is 0 Å². The molecule has 0 radical (unpaired) electrons. The van der Waals surface area contributed by atoms with Gasteiger partial charge in [-0.25, -0.2) is 4.39 Å². The summed E-state index contributed by atoms with van der Waals surface area (Å²) in [7, 11) is 0. The molecule has 0 spiro atoms. The van der Waals surface area contributed by atoms with Crippen molar-refractivity contribution < 1.29 is 14.0 Å². The summed E-state index contributed by atoms with van der Waals surface area (Å²) < 4.78 is 13.6. The molecule has 2 aliphatic heterocycles. The molecular formula is C22H23ClFN5O2. The molecule has 0 saturated carbocycles. The number of carbonyl (C=O) groups excluding carboxylic acids is 2. The van der Waals surface area contributed by atoms with Gasteiger partial charge in [-0.15, -0.1) is 12.4 Å². The molecule has 2 N–H and O–H groups in total. The Balaban J connectivity index is 0.00000231. The van der Waals surface area contributed by atoms with Crippen molar-refractivity contribution in [2.45, 2.75) is 12.5 Å². The Morgan fingerprint density at radius 2 is 1.71 bits per heavy atom. The van der Waals surface area contributed by atoms with Crippen LogP contribution in [0, 0.1) is 5.82 Å². The molecule has 3 aromatic rings. The van der Waals surface area contributed by atoms with Crippen LogP contribution < -0.4 is 5.32 Å². The summed E-state index contributed by atoms with van der Waals surface area (Å²) in [5.41, 5.74) is 2.22. The van der Waals surface area contributed by atoms with Gasteiger partial charge in [-0.1, -0.05) is 12.1 Å². The Kier molecular flexibility index (Phi) is 6.04. The lowest BCUT2D eigenvalue weighted by Crippen LogP contribution is -2.52. The fraction of sp³-hybridized carbons (Fsp3) is 0.318. The molecule has 1 atom stereocenters. The summed E-state index contributed by atoms with van der Waals surface area (Å²) in [6.07, 6.45) is 0.404. The maximum atomic E-state index is 13.6. The third-order valence-corrected chi connectivity index (χ3v) is 5.90. The Bertz CT molecular complexity index is 1090. The zero-order valence-electron chi connectivity index (χ0n) is 16.8. The molecular weight excluding hydrogens is 421 g/mol. The minimum atomic E-state index is -0.368. The van der Waals surface area contributed by atoms with Gasteiger partial charge in [0, 0.05) is 44.5 Å². The van der Waals surface area contributed by atoms with Crippen molar-refractivity contribution in [3.8, 4) is 0 Å². The SMILES string of the molecule is Cl.O=C1c2ccccc2C(=O)N1C(Cc1n[nH]c2cc(F)ccc12)CN1CCNCC1. The highest BCUT2D eigenvalue weighted by Gasteiger charge is 2.40. The van der Waals surface area contributed by atoms with Gasteiger partial charge in [0.25, 0.3) is 11.8 Å². The average Bonchev–Trinajstić information content (AvgIpc) is 3.27. The monoisotopic (exact) mass is 443 g/mol. The van der Waals surface area contributed by atoms with E-state index in [2.05, 4.69) is 20.4 Å². The number of nitrogens with zero attached hydrogens (tertiary/aromatic N) is 3. The normalized spacial score (nSPS) is 17.6. The summed E-state index contributed by atoms with van der Waals surface area (Å²) in [6.45, 7) is 4.03. The molecule has 1 saturated heterocycles. The van der Waals surface area contributed by atoms with Crippen molar-refractivity contribution in [3.63, 3.8) is 0 Å². The van der Waals surface area contributed by atoms with E-state index in [0.29, 0.717) is 29.6 Å². The summed E-state index contributed by atoms with van der Waals surface area (Å²) in [4.78, 5) is 29.9. The Hall–Kier alpha value is -2.81. The fourth-order valence-corrected chi connectivity index (χ4v) is 4.40. The van der Waals surface area contributed by atoms with Gasteiger partial charge in [0.05, 0.1) is 28.4 Å². The number of hydrogen-bond acceptors (Lipinski definition) is 5. The van der Waals surface area contributed by atoms with E-state index in [1.54, 1.807) is 30.3 Å². The van der Waals surface area contributed by atoms with Crippen molar-refractivity contribution in [2.75, 3.05) is 32.7 Å². The number of amides is 2. The second-order valence-corrected chi connectivity index (χ2v) is 7.79. The second kappa shape index (κ2) is 8.74.